The van der Waals surface area contributed by atoms with E-state index in [4.69, 9.17) is 23.7 Å². The first-order chi connectivity index (χ1) is 17.5. The number of ether oxygens (including phenoxy) is 5. The van der Waals surface area contributed by atoms with E-state index in [1.54, 1.807) is 6.07 Å². The van der Waals surface area contributed by atoms with Crippen molar-refractivity contribution >= 4 is 31.4 Å². The van der Waals surface area contributed by atoms with Crippen LogP contribution < -0.4 is 18.9 Å². The molecule has 0 bridgehead atoms. The quantitative estimate of drug-likeness (QED) is 0.375. The van der Waals surface area contributed by atoms with Gasteiger partial charge in [0.25, 0.3) is 0 Å². The zero-order valence-electron chi connectivity index (χ0n) is 21.8. The van der Waals surface area contributed by atoms with Crippen LogP contribution in [0.2, 0.25) is 0 Å². The highest BCUT2D eigenvalue weighted by Crippen LogP contribution is 2.47. The van der Waals surface area contributed by atoms with E-state index in [1.807, 2.05) is 49.6 Å². The molecule has 3 aliphatic heterocycles. The van der Waals surface area contributed by atoms with Gasteiger partial charge in [0.2, 0.25) is 0 Å². The maximum atomic E-state index is 14.4. The molecule has 13 heteroatoms. The Morgan fingerprint density at radius 3 is 2.43 bits per heavy atom. The van der Waals surface area contributed by atoms with Crippen LogP contribution in [0.4, 0.5) is 4.39 Å². The van der Waals surface area contributed by atoms with Crippen molar-refractivity contribution in [1.82, 2.24) is 0 Å². The summed E-state index contributed by atoms with van der Waals surface area (Å²) in [5, 5.41) is 29.6. The minimum Gasteiger partial charge on any atom is -0.499 e. The summed E-state index contributed by atoms with van der Waals surface area (Å²) in [6, 6.07) is 7.61. The van der Waals surface area contributed by atoms with Gasteiger partial charge in [-0.3, -0.25) is 0 Å². The lowest BCUT2D eigenvalue weighted by Crippen LogP contribution is -2.65. The fourth-order valence-corrected chi connectivity index (χ4v) is 5.21. The van der Waals surface area contributed by atoms with Gasteiger partial charge >= 0.3 is 0 Å². The molecule has 2 aromatic rings. The van der Waals surface area contributed by atoms with Crippen molar-refractivity contribution in [3.63, 3.8) is 0 Å². The Bertz CT molecular complexity index is 1190. The summed E-state index contributed by atoms with van der Waals surface area (Å²) in [5.74, 6) is 2.49. The van der Waals surface area contributed by atoms with Crippen LogP contribution in [0, 0.1) is 0 Å². The summed E-state index contributed by atoms with van der Waals surface area (Å²) in [6.45, 7) is -0.163. The maximum Gasteiger partial charge on any atom is 0.160 e. The average molecular weight is 510 g/mol. The predicted molar refractivity (Wildman–Crippen MR) is 144 cm³/mol. The molecule has 0 spiro atoms. The number of alkyl halides is 1. The first-order valence-corrected chi connectivity index (χ1v) is 12.6. The standard InChI is InChI=1S/C24H31B4FO8/c1-33-21-12-4-5-34-20(12)11(8-13(21)22-19(32)18(31)17(29)16(9-30)35-22)6-10-2-3-14-15(7-10)37-24(27,28)23(25,26)36-14/h2-3,7-8,16-19,22,30-32H,4-6,9,25-28H2,1H3/t16-,17-,18+,19-,22+/m1/s1. The molecule has 0 amide bonds. The fourth-order valence-electron chi connectivity index (χ4n) is 5.21. The fraction of sp³-hybridized carbons (Fsp3) is 0.500. The Morgan fingerprint density at radius 1 is 1.05 bits per heavy atom. The van der Waals surface area contributed by atoms with Crippen molar-refractivity contribution in [2.75, 3.05) is 20.3 Å². The molecule has 5 atom stereocenters. The lowest BCUT2D eigenvalue weighted by atomic mass is 9.41. The van der Waals surface area contributed by atoms with E-state index in [2.05, 4.69) is 0 Å². The molecule has 0 radical (unpaired) electrons. The van der Waals surface area contributed by atoms with Gasteiger partial charge in [0.1, 0.15) is 67.3 Å². The van der Waals surface area contributed by atoms with Crippen LogP contribution in [0.15, 0.2) is 24.3 Å². The normalized spacial score (nSPS) is 29.3. The molecule has 0 saturated carbocycles. The summed E-state index contributed by atoms with van der Waals surface area (Å²) in [4.78, 5) is 0. The van der Waals surface area contributed by atoms with Gasteiger partial charge in [-0.1, -0.05) is 6.07 Å². The maximum absolute atomic E-state index is 14.4. The molecule has 1 fully saturated rings. The number of fused-ring (bicyclic) bond motifs is 2. The first kappa shape index (κ1) is 26.3. The molecular weight excluding hydrogens is 479 g/mol. The van der Waals surface area contributed by atoms with Crippen LogP contribution in [0.25, 0.3) is 0 Å². The third-order valence-corrected chi connectivity index (χ3v) is 7.97. The van der Waals surface area contributed by atoms with E-state index in [-0.39, 0.29) is 0 Å². The molecule has 3 heterocycles. The second-order valence-electron chi connectivity index (χ2n) is 11.0. The number of hydrogen-bond donors (Lipinski definition) is 3. The SMILES string of the molecule is BC1(B)Oc2ccc(Cc3cc([C@@H]4O[C@H](CO)[C@@H](F)[C@H](O)[C@H]4O)c(OC)c4c3OCC4)cc2OC1(B)B. The van der Waals surface area contributed by atoms with Crippen molar-refractivity contribution in [2.24, 2.45) is 0 Å². The zero-order chi connectivity index (χ0) is 26.7. The molecule has 0 unspecified atom stereocenters. The zero-order valence-corrected chi connectivity index (χ0v) is 21.8. The van der Waals surface area contributed by atoms with Crippen molar-refractivity contribution in [2.45, 2.75) is 54.2 Å². The molecule has 0 aromatic heterocycles. The van der Waals surface area contributed by atoms with Gasteiger partial charge in [0.15, 0.2) is 17.7 Å². The third kappa shape index (κ3) is 4.39. The van der Waals surface area contributed by atoms with Crippen LogP contribution in [-0.2, 0) is 17.6 Å². The monoisotopic (exact) mass is 510 g/mol. The molecule has 0 aliphatic carbocycles. The van der Waals surface area contributed by atoms with Crippen LogP contribution >= 0.6 is 0 Å². The van der Waals surface area contributed by atoms with Gasteiger partial charge in [-0.25, -0.2) is 4.39 Å². The number of halogens is 1. The smallest absolute Gasteiger partial charge is 0.160 e. The number of benzene rings is 2. The van der Waals surface area contributed by atoms with E-state index in [1.165, 1.54) is 7.11 Å². The van der Waals surface area contributed by atoms with E-state index < -0.39 is 48.0 Å². The second-order valence-corrected chi connectivity index (χ2v) is 11.0. The van der Waals surface area contributed by atoms with E-state index in [0.717, 1.165) is 16.7 Å². The Hall–Kier alpha value is -2.33. The van der Waals surface area contributed by atoms with Crippen molar-refractivity contribution in [3.05, 3.63) is 46.5 Å². The average Bonchev–Trinajstić information content (AvgIpc) is 3.33. The van der Waals surface area contributed by atoms with Crippen molar-refractivity contribution in [1.29, 1.82) is 0 Å². The van der Waals surface area contributed by atoms with Crippen molar-refractivity contribution < 1.29 is 43.4 Å². The Morgan fingerprint density at radius 2 is 1.76 bits per heavy atom. The van der Waals surface area contributed by atoms with E-state index in [0.29, 0.717) is 48.0 Å². The van der Waals surface area contributed by atoms with Gasteiger partial charge in [0, 0.05) is 24.0 Å². The number of aliphatic hydroxyl groups is 3. The Balaban J connectivity index is 1.53. The van der Waals surface area contributed by atoms with E-state index >= 15 is 0 Å². The van der Waals surface area contributed by atoms with Crippen LogP contribution in [0.1, 0.15) is 28.4 Å². The van der Waals surface area contributed by atoms with Gasteiger partial charge in [-0.2, -0.15) is 0 Å². The molecule has 8 nitrogen and oxygen atoms in total. The molecule has 5 rings (SSSR count). The van der Waals surface area contributed by atoms with Crippen LogP contribution in [-0.4, -0.2) is 102 Å². The van der Waals surface area contributed by atoms with Crippen molar-refractivity contribution in [3.8, 4) is 23.0 Å². The summed E-state index contributed by atoms with van der Waals surface area (Å²) >= 11 is 0. The predicted octanol–water partition coefficient (Wildman–Crippen LogP) is -2.68. The minimum absolute atomic E-state index is 0.465. The summed E-state index contributed by atoms with van der Waals surface area (Å²) in [5.41, 5.74) is 3.07. The molecule has 1 saturated heterocycles. The second kappa shape index (κ2) is 9.45. The number of rotatable bonds is 5. The molecule has 3 aliphatic rings. The molecule has 2 aromatic carbocycles. The highest BCUT2D eigenvalue weighted by atomic mass is 19.1. The van der Waals surface area contributed by atoms with E-state index in [9.17, 15) is 19.7 Å². The number of hydrogen-bond acceptors (Lipinski definition) is 8. The van der Waals surface area contributed by atoms with Crippen LogP contribution in [0.3, 0.4) is 0 Å². The number of methoxy groups -OCH3 is 1. The molecule has 194 valence electrons. The minimum atomic E-state index is -1.91. The first-order valence-electron chi connectivity index (χ1n) is 12.6. The Labute approximate surface area is 219 Å². The Kier molecular flexibility index (Phi) is 6.71. The highest BCUT2D eigenvalue weighted by Gasteiger charge is 2.47. The topological polar surface area (TPSA) is 107 Å². The van der Waals surface area contributed by atoms with Crippen LogP contribution in [0.5, 0.6) is 23.0 Å². The molecule has 3 N–H and O–H groups in total. The van der Waals surface area contributed by atoms with Gasteiger partial charge in [-0.15, -0.1) is 0 Å². The lowest BCUT2D eigenvalue weighted by Gasteiger charge is -2.47. The largest absolute Gasteiger partial charge is 0.499 e. The van der Waals surface area contributed by atoms with Gasteiger partial charge in [0.05, 0.1) is 31.1 Å². The molecular formula is C24H31B4FO8. The summed E-state index contributed by atoms with van der Waals surface area (Å²) < 4.78 is 44.4. The number of aliphatic hydroxyl groups excluding tert-OH is 3. The van der Waals surface area contributed by atoms with Gasteiger partial charge in [-0.05, 0) is 29.3 Å². The van der Waals surface area contributed by atoms with Gasteiger partial charge < -0.3 is 39.0 Å². The summed E-state index contributed by atoms with van der Waals surface area (Å²) in [6.07, 6.45) is -6.47. The molecule has 37 heavy (non-hydrogen) atoms. The lowest BCUT2D eigenvalue weighted by molar-refractivity contribution is -0.214. The highest BCUT2D eigenvalue weighted by molar-refractivity contribution is 6.53. The summed E-state index contributed by atoms with van der Waals surface area (Å²) in [7, 11) is 9.48. The third-order valence-electron chi connectivity index (χ3n) is 7.97.